The Morgan fingerprint density at radius 3 is 1.98 bits per heavy atom. The minimum absolute atomic E-state index is 0.152. The molecule has 42 heavy (non-hydrogen) atoms. The topological polar surface area (TPSA) is 178 Å². The van der Waals surface area contributed by atoms with Crippen LogP contribution in [-0.2, 0) is 30.4 Å². The number of benzene rings is 1. The number of carbonyl (C=O) groups excluding carboxylic acids is 2. The van der Waals surface area contributed by atoms with Crippen LogP contribution in [0.5, 0.6) is 0 Å². The third-order valence-corrected chi connectivity index (χ3v) is 7.27. The number of nitrogens with one attached hydrogen (secondary N) is 1. The molecule has 1 rings (SSSR count). The fourth-order valence-corrected chi connectivity index (χ4v) is 4.68. The van der Waals surface area contributed by atoms with E-state index in [1.165, 1.54) is 12.5 Å². The lowest BCUT2D eigenvalue weighted by molar-refractivity contribution is -0.172. The van der Waals surface area contributed by atoms with Gasteiger partial charge >= 0.3 is 17.9 Å². The lowest BCUT2D eigenvalue weighted by Crippen LogP contribution is -2.55. The van der Waals surface area contributed by atoms with E-state index in [1.807, 2.05) is 0 Å². The zero-order valence-electron chi connectivity index (χ0n) is 24.2. The number of carboxylic acid groups (broad SMARTS) is 3. The van der Waals surface area contributed by atoms with Crippen LogP contribution in [0.4, 0.5) is 0 Å². The van der Waals surface area contributed by atoms with Gasteiger partial charge in [0, 0.05) is 24.3 Å². The monoisotopic (exact) mass is 609 g/mol. The van der Waals surface area contributed by atoms with Crippen molar-refractivity contribution in [2.75, 3.05) is 0 Å². The third kappa shape index (κ3) is 14.1. The van der Waals surface area contributed by atoms with Crippen molar-refractivity contribution in [1.82, 2.24) is 5.32 Å². The fraction of sp³-hybridized carbons (Fsp3) is 0.581. The second kappa shape index (κ2) is 19.8. The van der Waals surface area contributed by atoms with Crippen LogP contribution in [0.2, 0.25) is 5.02 Å². The van der Waals surface area contributed by atoms with Gasteiger partial charge in [-0.15, -0.1) is 0 Å². The summed E-state index contributed by atoms with van der Waals surface area (Å²) in [7, 11) is 0. The molecule has 11 heteroatoms. The average Bonchev–Trinajstić information content (AvgIpc) is 2.92. The molecule has 0 aliphatic heterocycles. The lowest BCUT2D eigenvalue weighted by Gasteiger charge is -2.29. The quantitative estimate of drug-likeness (QED) is 0.0825. The third-order valence-electron chi connectivity index (χ3n) is 7.02. The van der Waals surface area contributed by atoms with E-state index in [0.29, 0.717) is 36.3 Å². The van der Waals surface area contributed by atoms with Crippen LogP contribution in [0.3, 0.4) is 0 Å². The summed E-state index contributed by atoms with van der Waals surface area (Å²) >= 11 is 5.86. The maximum atomic E-state index is 13.1. The van der Waals surface area contributed by atoms with Gasteiger partial charge in [-0.2, -0.15) is 0 Å². The Balaban J connectivity index is 2.77. The molecule has 0 radical (unpaired) electrons. The van der Waals surface area contributed by atoms with E-state index in [0.717, 1.165) is 51.0 Å². The predicted molar refractivity (Wildman–Crippen MR) is 158 cm³/mol. The van der Waals surface area contributed by atoms with Gasteiger partial charge in [0.25, 0.3) is 0 Å². The largest absolute Gasteiger partial charge is 0.481 e. The van der Waals surface area contributed by atoms with Crippen molar-refractivity contribution in [1.29, 1.82) is 0 Å². The standard InChI is InChI=1S/C31H44ClNO9/c1-2-3-4-7-10-13-24(34)14-11-8-5-6-9-12-15-25(31(42,30(40)41)21-27(35)36)28(37)33-26(29(38)39)20-22-16-18-23(32)19-17-22/h12,15-19,25-26,42H,2-11,13-14,20-21H2,1H3,(H,33,37)(H,35,36)(H,38,39)(H,40,41)/t25-,26+,31+/m1/s1. The summed E-state index contributed by atoms with van der Waals surface area (Å²) in [6, 6.07) is 4.77. The molecule has 1 amide bonds. The average molecular weight is 610 g/mol. The normalized spacial score (nSPS) is 14.2. The summed E-state index contributed by atoms with van der Waals surface area (Å²) in [5, 5.41) is 42.0. The number of amides is 1. The summed E-state index contributed by atoms with van der Waals surface area (Å²) in [6.45, 7) is 2.15. The van der Waals surface area contributed by atoms with Crippen LogP contribution in [-0.4, -0.2) is 61.7 Å². The molecule has 1 aromatic rings. The molecule has 0 aliphatic carbocycles. The first-order valence-corrected chi connectivity index (χ1v) is 14.9. The summed E-state index contributed by atoms with van der Waals surface area (Å²) in [5.41, 5.74) is -2.47. The highest BCUT2D eigenvalue weighted by atomic mass is 35.5. The van der Waals surface area contributed by atoms with Crippen molar-refractivity contribution in [2.24, 2.45) is 5.92 Å². The van der Waals surface area contributed by atoms with Gasteiger partial charge in [-0.3, -0.25) is 14.4 Å². The van der Waals surface area contributed by atoms with E-state index in [-0.39, 0.29) is 12.2 Å². The number of hydrogen-bond donors (Lipinski definition) is 5. The van der Waals surface area contributed by atoms with Crippen LogP contribution in [0.25, 0.3) is 0 Å². The Morgan fingerprint density at radius 1 is 0.881 bits per heavy atom. The summed E-state index contributed by atoms with van der Waals surface area (Å²) in [4.78, 5) is 60.3. The first-order valence-electron chi connectivity index (χ1n) is 14.5. The zero-order chi connectivity index (χ0) is 31.5. The van der Waals surface area contributed by atoms with Crippen molar-refractivity contribution in [2.45, 2.75) is 108 Å². The first kappa shape index (κ1) is 36.8. The predicted octanol–water partition coefficient (Wildman–Crippen LogP) is 5.18. The Kier molecular flexibility index (Phi) is 17.3. The molecule has 0 aromatic heterocycles. The fourth-order valence-electron chi connectivity index (χ4n) is 4.55. The van der Waals surface area contributed by atoms with Crippen molar-refractivity contribution in [3.63, 3.8) is 0 Å². The van der Waals surface area contributed by atoms with Crippen LogP contribution in [0.1, 0.15) is 96.0 Å². The van der Waals surface area contributed by atoms with Gasteiger partial charge < -0.3 is 25.7 Å². The smallest absolute Gasteiger partial charge is 0.337 e. The molecule has 3 atom stereocenters. The number of aliphatic hydroxyl groups is 1. The highest BCUT2D eigenvalue weighted by Gasteiger charge is 2.49. The van der Waals surface area contributed by atoms with Crippen LogP contribution >= 0.6 is 11.6 Å². The molecule has 1 aromatic carbocycles. The number of aliphatic carboxylic acids is 3. The molecule has 5 N–H and O–H groups in total. The molecule has 0 fully saturated rings. The molecule has 0 unspecified atom stereocenters. The summed E-state index contributed by atoms with van der Waals surface area (Å²) in [5.74, 6) is -7.69. The van der Waals surface area contributed by atoms with E-state index in [2.05, 4.69) is 12.2 Å². The van der Waals surface area contributed by atoms with Crippen molar-refractivity contribution in [3.8, 4) is 0 Å². The van der Waals surface area contributed by atoms with Gasteiger partial charge in [0.05, 0.1) is 12.3 Å². The van der Waals surface area contributed by atoms with Crippen LogP contribution in [0, 0.1) is 5.92 Å². The highest BCUT2D eigenvalue weighted by molar-refractivity contribution is 6.30. The van der Waals surface area contributed by atoms with E-state index in [1.54, 1.807) is 24.3 Å². The molecule has 10 nitrogen and oxygen atoms in total. The van der Waals surface area contributed by atoms with Crippen molar-refractivity contribution < 1.29 is 44.4 Å². The number of carboxylic acids is 3. The minimum Gasteiger partial charge on any atom is -0.481 e. The molecule has 0 aliphatic rings. The van der Waals surface area contributed by atoms with Gasteiger partial charge in [-0.1, -0.05) is 81.3 Å². The van der Waals surface area contributed by atoms with Gasteiger partial charge in [0.2, 0.25) is 5.91 Å². The van der Waals surface area contributed by atoms with E-state index >= 15 is 0 Å². The molecular weight excluding hydrogens is 566 g/mol. The second-order valence-corrected chi connectivity index (χ2v) is 11.0. The second-order valence-electron chi connectivity index (χ2n) is 10.6. The lowest BCUT2D eigenvalue weighted by atomic mass is 9.82. The Bertz CT molecular complexity index is 1060. The number of halogens is 1. The maximum Gasteiger partial charge on any atom is 0.337 e. The molecule has 234 valence electrons. The number of carbonyl (C=O) groups is 5. The Hall–Kier alpha value is -3.24. The molecule has 0 saturated heterocycles. The van der Waals surface area contributed by atoms with Crippen molar-refractivity contribution in [3.05, 3.63) is 47.0 Å². The van der Waals surface area contributed by atoms with E-state index in [4.69, 9.17) is 11.6 Å². The number of Topliss-reactive ketones (excluding diaryl/α,β-unsaturated/α-hetero) is 1. The summed E-state index contributed by atoms with van der Waals surface area (Å²) in [6.07, 6.45) is 11.3. The number of hydrogen-bond acceptors (Lipinski definition) is 6. The number of allylic oxidation sites excluding steroid dienone is 1. The number of unbranched alkanes of at least 4 members (excludes halogenated alkanes) is 8. The van der Waals surface area contributed by atoms with E-state index in [9.17, 15) is 44.4 Å². The van der Waals surface area contributed by atoms with Gasteiger partial charge in [-0.05, 0) is 43.4 Å². The minimum atomic E-state index is -3.01. The molecule has 0 bridgehead atoms. The van der Waals surface area contributed by atoms with Crippen LogP contribution < -0.4 is 5.32 Å². The Morgan fingerprint density at radius 2 is 1.45 bits per heavy atom. The van der Waals surface area contributed by atoms with Gasteiger partial charge in [-0.25, -0.2) is 9.59 Å². The maximum absolute atomic E-state index is 13.1. The first-order chi connectivity index (χ1) is 19.9. The van der Waals surface area contributed by atoms with E-state index < -0.39 is 47.8 Å². The molecule has 0 heterocycles. The van der Waals surface area contributed by atoms with Crippen molar-refractivity contribution >= 4 is 41.2 Å². The van der Waals surface area contributed by atoms with Gasteiger partial charge in [0.15, 0.2) is 5.60 Å². The van der Waals surface area contributed by atoms with Gasteiger partial charge in [0.1, 0.15) is 11.8 Å². The number of rotatable bonds is 23. The number of ketones is 1. The highest BCUT2D eigenvalue weighted by Crippen LogP contribution is 2.26. The van der Waals surface area contributed by atoms with Crippen LogP contribution in [0.15, 0.2) is 36.4 Å². The zero-order valence-corrected chi connectivity index (χ0v) is 25.0. The SMILES string of the molecule is CCCCCCCC(=O)CCCCCCC=C[C@H](C(=O)N[C@@H](Cc1ccc(Cl)cc1)C(=O)O)[C@@](O)(CC(=O)O)C(=O)O. The molecule has 0 saturated carbocycles. The molecule has 0 spiro atoms. The summed E-state index contributed by atoms with van der Waals surface area (Å²) < 4.78 is 0. The molecular formula is C31H44ClNO9. The Labute approximate surface area is 252 Å².